The number of carbonyl (C=O) groups excluding carboxylic acids is 1. The summed E-state index contributed by atoms with van der Waals surface area (Å²) in [5, 5.41) is 3.06. The van der Waals surface area contributed by atoms with Gasteiger partial charge in [-0.2, -0.15) is 11.8 Å². The number of aryl methyl sites for hydroxylation is 1. The molecule has 0 bridgehead atoms. The van der Waals surface area contributed by atoms with Crippen LogP contribution in [0.3, 0.4) is 0 Å². The number of rotatable bonds is 3. The van der Waals surface area contributed by atoms with E-state index >= 15 is 0 Å². The number of nitrogens with two attached hydrogens (primary N) is 1. The maximum atomic E-state index is 12.0. The molecule has 92 valence electrons. The molecular weight excluding hydrogens is 234 g/mol. The number of anilines is 1. The van der Waals surface area contributed by atoms with E-state index in [1.165, 1.54) is 0 Å². The second-order valence-corrected chi connectivity index (χ2v) is 5.36. The summed E-state index contributed by atoms with van der Waals surface area (Å²) in [4.78, 5) is 12.0. The van der Waals surface area contributed by atoms with Crippen LogP contribution in [0.15, 0.2) is 18.2 Å². The summed E-state index contributed by atoms with van der Waals surface area (Å²) in [6.07, 6.45) is 1.07. The highest BCUT2D eigenvalue weighted by molar-refractivity contribution is 7.99. The predicted octanol–water partition coefficient (Wildman–Crippen LogP) is 1.52. The molecule has 1 saturated heterocycles. The van der Waals surface area contributed by atoms with Crippen molar-refractivity contribution < 1.29 is 4.79 Å². The van der Waals surface area contributed by atoms with E-state index < -0.39 is 0 Å². The summed E-state index contributed by atoms with van der Waals surface area (Å²) in [5.74, 6) is 7.50. The summed E-state index contributed by atoms with van der Waals surface area (Å²) in [6.45, 7) is 1.92. The maximum Gasteiger partial charge on any atom is 0.251 e. The van der Waals surface area contributed by atoms with E-state index in [0.29, 0.717) is 6.04 Å². The normalized spacial score (nSPS) is 19.1. The van der Waals surface area contributed by atoms with Gasteiger partial charge in [-0.15, -0.1) is 0 Å². The van der Waals surface area contributed by atoms with Crippen molar-refractivity contribution in [3.63, 3.8) is 0 Å². The number of thioether (sulfide) groups is 1. The largest absolute Gasteiger partial charge is 0.348 e. The highest BCUT2D eigenvalue weighted by Gasteiger charge is 2.19. The molecule has 2 rings (SSSR count). The van der Waals surface area contributed by atoms with Crippen LogP contribution >= 0.6 is 11.8 Å². The molecule has 4 N–H and O–H groups in total. The van der Waals surface area contributed by atoms with Crippen molar-refractivity contribution in [1.82, 2.24) is 5.32 Å². The Morgan fingerprint density at radius 2 is 2.35 bits per heavy atom. The van der Waals surface area contributed by atoms with Gasteiger partial charge in [-0.25, -0.2) is 0 Å². The van der Waals surface area contributed by atoms with Gasteiger partial charge in [0.1, 0.15) is 0 Å². The zero-order valence-electron chi connectivity index (χ0n) is 9.82. The highest BCUT2D eigenvalue weighted by atomic mass is 32.2. The molecule has 1 amide bonds. The van der Waals surface area contributed by atoms with Crippen molar-refractivity contribution in [2.45, 2.75) is 19.4 Å². The zero-order chi connectivity index (χ0) is 12.3. The van der Waals surface area contributed by atoms with E-state index in [1.807, 2.05) is 36.9 Å². The molecule has 0 spiro atoms. The van der Waals surface area contributed by atoms with Gasteiger partial charge in [-0.05, 0) is 42.9 Å². The third-order valence-corrected chi connectivity index (χ3v) is 4.07. The molecule has 1 aliphatic heterocycles. The number of amides is 1. The first-order chi connectivity index (χ1) is 8.20. The van der Waals surface area contributed by atoms with Crippen LogP contribution in [0.4, 0.5) is 5.69 Å². The Labute approximate surface area is 105 Å². The molecule has 1 atom stereocenters. The van der Waals surface area contributed by atoms with E-state index in [1.54, 1.807) is 0 Å². The van der Waals surface area contributed by atoms with Gasteiger partial charge in [0.2, 0.25) is 0 Å². The molecule has 1 aromatic rings. The predicted molar refractivity (Wildman–Crippen MR) is 72.2 cm³/mol. The van der Waals surface area contributed by atoms with Crippen LogP contribution in [0.25, 0.3) is 0 Å². The molecule has 0 aromatic heterocycles. The van der Waals surface area contributed by atoms with Crippen LogP contribution in [0.1, 0.15) is 22.3 Å². The number of benzene rings is 1. The number of carbonyl (C=O) groups is 1. The van der Waals surface area contributed by atoms with E-state index in [4.69, 9.17) is 5.84 Å². The Morgan fingerprint density at radius 3 is 2.94 bits per heavy atom. The van der Waals surface area contributed by atoms with Gasteiger partial charge in [0.25, 0.3) is 5.91 Å². The molecule has 0 radical (unpaired) electrons. The molecule has 0 saturated carbocycles. The lowest BCUT2D eigenvalue weighted by Gasteiger charge is -2.13. The smallest absolute Gasteiger partial charge is 0.251 e. The van der Waals surface area contributed by atoms with Gasteiger partial charge in [-0.3, -0.25) is 10.6 Å². The SMILES string of the molecule is Cc1cc(NN)ccc1C(=O)NC1CCSC1. The molecule has 1 unspecified atom stereocenters. The Balaban J connectivity index is 2.07. The molecule has 1 aliphatic rings. The van der Waals surface area contributed by atoms with Crippen molar-refractivity contribution in [3.05, 3.63) is 29.3 Å². The quantitative estimate of drug-likeness (QED) is 0.563. The first-order valence-corrected chi connectivity index (χ1v) is 6.82. The average molecular weight is 251 g/mol. The molecular formula is C12H17N3OS. The van der Waals surface area contributed by atoms with Crippen LogP contribution in [-0.2, 0) is 0 Å². The van der Waals surface area contributed by atoms with Gasteiger partial charge in [-0.1, -0.05) is 0 Å². The van der Waals surface area contributed by atoms with E-state index in [-0.39, 0.29) is 5.91 Å². The average Bonchev–Trinajstić information content (AvgIpc) is 2.81. The first kappa shape index (κ1) is 12.3. The standard InChI is InChI=1S/C12H17N3OS/c1-8-6-9(15-13)2-3-11(8)12(16)14-10-4-5-17-7-10/h2-3,6,10,15H,4-5,7,13H2,1H3,(H,14,16). The molecule has 4 nitrogen and oxygen atoms in total. The minimum absolute atomic E-state index is 0.0126. The fourth-order valence-corrected chi connectivity index (χ4v) is 3.07. The van der Waals surface area contributed by atoms with Crippen LogP contribution < -0.4 is 16.6 Å². The minimum atomic E-state index is 0.0126. The summed E-state index contributed by atoms with van der Waals surface area (Å²) >= 11 is 1.89. The summed E-state index contributed by atoms with van der Waals surface area (Å²) in [6, 6.07) is 5.81. The summed E-state index contributed by atoms with van der Waals surface area (Å²) < 4.78 is 0. The van der Waals surface area contributed by atoms with Crippen molar-refractivity contribution >= 4 is 23.4 Å². The fourth-order valence-electron chi connectivity index (χ4n) is 1.92. The first-order valence-electron chi connectivity index (χ1n) is 5.66. The second kappa shape index (κ2) is 5.42. The van der Waals surface area contributed by atoms with Crippen molar-refractivity contribution in [2.75, 3.05) is 16.9 Å². The zero-order valence-corrected chi connectivity index (χ0v) is 10.6. The number of nitrogen functional groups attached to an aromatic ring is 1. The molecule has 1 fully saturated rings. The van der Waals surface area contributed by atoms with E-state index in [0.717, 1.165) is 34.7 Å². The lowest BCUT2D eigenvalue weighted by atomic mass is 10.1. The van der Waals surface area contributed by atoms with Crippen LogP contribution in [0.5, 0.6) is 0 Å². The van der Waals surface area contributed by atoms with Gasteiger partial charge < -0.3 is 10.7 Å². The van der Waals surface area contributed by atoms with Crippen LogP contribution in [0.2, 0.25) is 0 Å². The highest BCUT2D eigenvalue weighted by Crippen LogP contribution is 2.19. The number of hydrazine groups is 1. The van der Waals surface area contributed by atoms with Gasteiger partial charge in [0.15, 0.2) is 0 Å². The van der Waals surface area contributed by atoms with Crippen molar-refractivity contribution in [1.29, 1.82) is 0 Å². The Kier molecular flexibility index (Phi) is 3.91. The second-order valence-electron chi connectivity index (χ2n) is 4.21. The Bertz CT molecular complexity index is 416. The molecule has 1 heterocycles. The number of hydrogen-bond donors (Lipinski definition) is 3. The fraction of sp³-hybridized carbons (Fsp3) is 0.417. The summed E-state index contributed by atoms with van der Waals surface area (Å²) in [7, 11) is 0. The third-order valence-electron chi connectivity index (χ3n) is 2.90. The Hall–Kier alpha value is -1.20. The monoisotopic (exact) mass is 251 g/mol. The molecule has 1 aromatic carbocycles. The maximum absolute atomic E-state index is 12.0. The van der Waals surface area contributed by atoms with Crippen molar-refractivity contribution in [3.8, 4) is 0 Å². The lowest BCUT2D eigenvalue weighted by Crippen LogP contribution is -2.34. The lowest BCUT2D eigenvalue weighted by molar-refractivity contribution is 0.0940. The number of nitrogens with one attached hydrogen (secondary N) is 2. The molecule has 17 heavy (non-hydrogen) atoms. The van der Waals surface area contributed by atoms with E-state index in [9.17, 15) is 4.79 Å². The third kappa shape index (κ3) is 2.92. The van der Waals surface area contributed by atoms with Gasteiger partial charge >= 0.3 is 0 Å². The number of hydrogen-bond acceptors (Lipinski definition) is 4. The van der Waals surface area contributed by atoms with Crippen LogP contribution in [0, 0.1) is 6.92 Å². The van der Waals surface area contributed by atoms with Crippen molar-refractivity contribution in [2.24, 2.45) is 5.84 Å². The Morgan fingerprint density at radius 1 is 1.53 bits per heavy atom. The van der Waals surface area contributed by atoms with Crippen LogP contribution in [-0.4, -0.2) is 23.5 Å². The van der Waals surface area contributed by atoms with E-state index in [2.05, 4.69) is 10.7 Å². The molecule has 5 heteroatoms. The topological polar surface area (TPSA) is 67.1 Å². The molecule has 0 aliphatic carbocycles. The van der Waals surface area contributed by atoms with Gasteiger partial charge in [0.05, 0.1) is 0 Å². The minimum Gasteiger partial charge on any atom is -0.348 e. The van der Waals surface area contributed by atoms with Gasteiger partial charge in [0, 0.05) is 23.0 Å². The summed E-state index contributed by atoms with van der Waals surface area (Å²) in [5.41, 5.74) is 5.04.